The Labute approximate surface area is 143 Å². The summed E-state index contributed by atoms with van der Waals surface area (Å²) in [6.07, 6.45) is 4.32. The summed E-state index contributed by atoms with van der Waals surface area (Å²) >= 11 is 1.56. The minimum absolute atomic E-state index is 0.211. The van der Waals surface area contributed by atoms with E-state index in [1.807, 2.05) is 13.8 Å². The Bertz CT molecular complexity index is 853. The van der Waals surface area contributed by atoms with Crippen LogP contribution < -0.4 is 16.2 Å². The molecule has 0 spiro atoms. The second kappa shape index (κ2) is 6.72. The number of hydrogen-bond donors (Lipinski definition) is 2. The molecule has 8 heteroatoms. The second-order valence-electron chi connectivity index (χ2n) is 6.37. The molecule has 0 unspecified atom stereocenters. The molecule has 2 heterocycles. The Balaban J connectivity index is 1.73. The number of nitrogens with one attached hydrogen (secondary N) is 2. The molecular formula is C16H20N4O3S. The first kappa shape index (κ1) is 16.6. The summed E-state index contributed by atoms with van der Waals surface area (Å²) in [6, 6.07) is -0.549. The lowest BCUT2D eigenvalue weighted by molar-refractivity contribution is -0.120. The van der Waals surface area contributed by atoms with Crippen molar-refractivity contribution in [2.24, 2.45) is 5.92 Å². The summed E-state index contributed by atoms with van der Waals surface area (Å²) in [5, 5.41) is 5.46. The van der Waals surface area contributed by atoms with Gasteiger partial charge in [0.05, 0.1) is 11.7 Å². The van der Waals surface area contributed by atoms with Gasteiger partial charge in [-0.2, -0.15) is 0 Å². The minimum atomic E-state index is -0.549. The zero-order valence-corrected chi connectivity index (χ0v) is 14.5. The van der Waals surface area contributed by atoms with Gasteiger partial charge in [-0.1, -0.05) is 13.8 Å². The zero-order valence-electron chi connectivity index (χ0n) is 13.7. The van der Waals surface area contributed by atoms with Crippen LogP contribution in [0.25, 0.3) is 10.2 Å². The Hall–Kier alpha value is -2.22. The molecule has 3 rings (SSSR count). The van der Waals surface area contributed by atoms with Crippen molar-refractivity contribution in [3.8, 4) is 0 Å². The number of thiophene rings is 1. The average molecular weight is 348 g/mol. The number of carbonyl (C=O) groups is 2. The molecule has 2 aromatic heterocycles. The summed E-state index contributed by atoms with van der Waals surface area (Å²) in [5.41, 5.74) is 0.870. The van der Waals surface area contributed by atoms with Crippen molar-refractivity contribution in [3.05, 3.63) is 27.1 Å². The molecule has 128 valence electrons. The molecule has 0 atom stereocenters. The molecule has 0 bridgehead atoms. The number of nitrogens with zero attached hydrogens (tertiary/aromatic N) is 2. The summed E-state index contributed by atoms with van der Waals surface area (Å²) in [4.78, 5) is 42.5. The number of aromatic nitrogens is 2. The van der Waals surface area contributed by atoms with Crippen LogP contribution in [0.15, 0.2) is 11.1 Å². The largest absolute Gasteiger partial charge is 0.338 e. The van der Waals surface area contributed by atoms with E-state index in [4.69, 9.17) is 0 Å². The molecule has 1 aliphatic rings. The van der Waals surface area contributed by atoms with E-state index < -0.39 is 11.9 Å². The fourth-order valence-electron chi connectivity index (χ4n) is 2.79. The number of imide groups is 1. The van der Waals surface area contributed by atoms with Gasteiger partial charge in [0.1, 0.15) is 11.4 Å². The van der Waals surface area contributed by atoms with Crippen LogP contribution in [0.5, 0.6) is 0 Å². The molecule has 0 aromatic carbocycles. The van der Waals surface area contributed by atoms with Crippen molar-refractivity contribution in [2.45, 2.75) is 39.7 Å². The number of hydrogen-bond acceptors (Lipinski definition) is 5. The topological polar surface area (TPSA) is 93.1 Å². The summed E-state index contributed by atoms with van der Waals surface area (Å²) in [5.74, 6) is -0.243. The van der Waals surface area contributed by atoms with Crippen LogP contribution in [0.2, 0.25) is 0 Å². The SMILES string of the molecule is CC(C)CNC(=O)NC(=O)Cn1cnc2sc3c(c2c1=O)CCC3. The lowest BCUT2D eigenvalue weighted by atomic mass is 10.2. The van der Waals surface area contributed by atoms with Gasteiger partial charge in [0, 0.05) is 11.4 Å². The third kappa shape index (κ3) is 3.33. The summed E-state index contributed by atoms with van der Waals surface area (Å²) < 4.78 is 1.26. The quantitative estimate of drug-likeness (QED) is 0.874. The lowest BCUT2D eigenvalue weighted by Crippen LogP contribution is -2.43. The molecule has 0 saturated heterocycles. The van der Waals surface area contributed by atoms with Gasteiger partial charge in [-0.25, -0.2) is 9.78 Å². The molecule has 2 N–H and O–H groups in total. The molecule has 0 saturated carbocycles. The van der Waals surface area contributed by atoms with E-state index in [2.05, 4.69) is 15.6 Å². The monoisotopic (exact) mass is 348 g/mol. The molecule has 0 fully saturated rings. The van der Waals surface area contributed by atoms with Crippen LogP contribution in [0.1, 0.15) is 30.7 Å². The standard InChI is InChI=1S/C16H20N4O3S/c1-9(2)6-17-16(23)19-12(21)7-20-8-18-14-13(15(20)22)10-4-3-5-11(10)24-14/h8-9H,3-7H2,1-2H3,(H2,17,19,21,23). The van der Waals surface area contributed by atoms with Crippen LogP contribution in [0.4, 0.5) is 4.79 Å². The first-order valence-electron chi connectivity index (χ1n) is 8.03. The van der Waals surface area contributed by atoms with E-state index in [0.29, 0.717) is 17.8 Å². The van der Waals surface area contributed by atoms with Crippen LogP contribution >= 0.6 is 11.3 Å². The maximum atomic E-state index is 12.6. The fraction of sp³-hybridized carbons (Fsp3) is 0.500. The Morgan fingerprint density at radius 2 is 2.17 bits per heavy atom. The van der Waals surface area contributed by atoms with Crippen LogP contribution in [0.3, 0.4) is 0 Å². The van der Waals surface area contributed by atoms with E-state index >= 15 is 0 Å². The second-order valence-corrected chi connectivity index (χ2v) is 7.45. The average Bonchev–Trinajstić information content (AvgIpc) is 3.08. The maximum Gasteiger partial charge on any atom is 0.321 e. The number of carbonyl (C=O) groups excluding carboxylic acids is 2. The predicted octanol–water partition coefficient (Wildman–Crippen LogP) is 1.43. The predicted molar refractivity (Wildman–Crippen MR) is 92.3 cm³/mol. The van der Waals surface area contributed by atoms with Crippen LogP contribution in [-0.4, -0.2) is 28.0 Å². The van der Waals surface area contributed by atoms with E-state index in [-0.39, 0.29) is 12.1 Å². The molecule has 2 aromatic rings. The van der Waals surface area contributed by atoms with Crippen molar-refractivity contribution in [3.63, 3.8) is 0 Å². The molecule has 0 radical (unpaired) electrons. The van der Waals surface area contributed by atoms with Crippen molar-refractivity contribution in [1.29, 1.82) is 0 Å². The zero-order chi connectivity index (χ0) is 17.3. The van der Waals surface area contributed by atoms with Crippen LogP contribution in [0, 0.1) is 5.92 Å². The third-order valence-corrected chi connectivity index (χ3v) is 5.13. The van der Waals surface area contributed by atoms with Gasteiger partial charge in [0.25, 0.3) is 5.56 Å². The van der Waals surface area contributed by atoms with E-state index in [1.54, 1.807) is 11.3 Å². The van der Waals surface area contributed by atoms with Gasteiger partial charge < -0.3 is 5.32 Å². The van der Waals surface area contributed by atoms with Gasteiger partial charge in [0.15, 0.2) is 0 Å². The van der Waals surface area contributed by atoms with Crippen molar-refractivity contribution < 1.29 is 9.59 Å². The van der Waals surface area contributed by atoms with Crippen molar-refractivity contribution >= 4 is 33.5 Å². The smallest absolute Gasteiger partial charge is 0.321 e. The van der Waals surface area contributed by atoms with E-state index in [0.717, 1.165) is 29.7 Å². The van der Waals surface area contributed by atoms with Gasteiger partial charge in [-0.3, -0.25) is 19.5 Å². The molecule has 24 heavy (non-hydrogen) atoms. The lowest BCUT2D eigenvalue weighted by Gasteiger charge is -2.09. The third-order valence-electron chi connectivity index (χ3n) is 3.93. The number of rotatable bonds is 4. The van der Waals surface area contributed by atoms with Crippen molar-refractivity contribution in [2.75, 3.05) is 6.54 Å². The first-order valence-corrected chi connectivity index (χ1v) is 8.84. The van der Waals surface area contributed by atoms with Crippen molar-refractivity contribution in [1.82, 2.24) is 20.2 Å². The molecule has 0 aliphatic heterocycles. The molecule has 1 aliphatic carbocycles. The Morgan fingerprint density at radius 3 is 2.92 bits per heavy atom. The highest BCUT2D eigenvalue weighted by Crippen LogP contribution is 2.34. The van der Waals surface area contributed by atoms with Gasteiger partial charge in [-0.15, -0.1) is 11.3 Å². The number of urea groups is 1. The Kier molecular flexibility index (Phi) is 4.66. The van der Waals surface area contributed by atoms with E-state index in [1.165, 1.54) is 15.8 Å². The summed E-state index contributed by atoms with van der Waals surface area (Å²) in [7, 11) is 0. The first-order chi connectivity index (χ1) is 11.5. The molecule has 3 amide bonds. The summed E-state index contributed by atoms with van der Waals surface area (Å²) in [6.45, 7) is 4.18. The highest BCUT2D eigenvalue weighted by Gasteiger charge is 2.21. The minimum Gasteiger partial charge on any atom is -0.338 e. The molecular weight excluding hydrogens is 328 g/mol. The van der Waals surface area contributed by atoms with Gasteiger partial charge in [0.2, 0.25) is 5.91 Å². The molecule has 7 nitrogen and oxygen atoms in total. The number of fused-ring (bicyclic) bond motifs is 3. The Morgan fingerprint density at radius 1 is 1.38 bits per heavy atom. The van der Waals surface area contributed by atoms with Crippen LogP contribution in [-0.2, 0) is 24.2 Å². The number of aryl methyl sites for hydroxylation is 2. The fourth-order valence-corrected chi connectivity index (χ4v) is 4.01. The highest BCUT2D eigenvalue weighted by atomic mass is 32.1. The highest BCUT2D eigenvalue weighted by molar-refractivity contribution is 7.18. The van der Waals surface area contributed by atoms with Gasteiger partial charge >= 0.3 is 6.03 Å². The number of amides is 3. The maximum absolute atomic E-state index is 12.6. The normalized spacial score (nSPS) is 13.3. The van der Waals surface area contributed by atoms with E-state index in [9.17, 15) is 14.4 Å². The van der Waals surface area contributed by atoms with Gasteiger partial charge in [-0.05, 0) is 30.7 Å².